The Balaban J connectivity index is 1.73. The fourth-order valence-electron chi connectivity index (χ4n) is 2.69. The number of nitrogens with one attached hydrogen (secondary N) is 1. The van der Waals surface area contributed by atoms with Gasteiger partial charge < -0.3 is 0 Å². The van der Waals surface area contributed by atoms with Gasteiger partial charge in [0, 0.05) is 17.3 Å². The van der Waals surface area contributed by atoms with Gasteiger partial charge in [0.25, 0.3) is 0 Å². The van der Waals surface area contributed by atoms with Crippen molar-refractivity contribution in [2.24, 2.45) is 0 Å². The second-order valence-electron chi connectivity index (χ2n) is 5.99. The number of rotatable bonds is 6. The van der Waals surface area contributed by atoms with Crippen LogP contribution in [-0.2, 0) is 4.79 Å². The lowest BCUT2D eigenvalue weighted by atomic mass is 10.2. The van der Waals surface area contributed by atoms with Crippen LogP contribution in [0.25, 0.3) is 11.8 Å². The van der Waals surface area contributed by atoms with E-state index >= 15 is 0 Å². The molecule has 0 aliphatic carbocycles. The molecule has 0 saturated carbocycles. The Labute approximate surface area is 171 Å². The van der Waals surface area contributed by atoms with Gasteiger partial charge in [0.2, 0.25) is 5.91 Å². The minimum Gasteiger partial charge on any atom is -0.298 e. The van der Waals surface area contributed by atoms with Crippen molar-refractivity contribution in [3.63, 3.8) is 0 Å². The van der Waals surface area contributed by atoms with E-state index in [9.17, 15) is 4.79 Å². The normalized spacial score (nSPS) is 10.9. The summed E-state index contributed by atoms with van der Waals surface area (Å²) in [6, 6.07) is 12.0. The zero-order valence-corrected chi connectivity index (χ0v) is 17.4. The van der Waals surface area contributed by atoms with Gasteiger partial charge in [-0.15, -0.1) is 0 Å². The Morgan fingerprint density at radius 2 is 2.04 bits per heavy atom. The fraction of sp³-hybridized carbons (Fsp3) is 0.200. The highest BCUT2D eigenvalue weighted by Gasteiger charge is 2.12. The maximum absolute atomic E-state index is 12.3. The zero-order chi connectivity index (χ0) is 20.1. The fourth-order valence-corrected chi connectivity index (χ4v) is 4.49. The Morgan fingerprint density at radius 1 is 1.29 bits per heavy atom. The van der Waals surface area contributed by atoms with E-state index < -0.39 is 0 Å². The van der Waals surface area contributed by atoms with Crippen LogP contribution in [0.1, 0.15) is 22.6 Å². The summed E-state index contributed by atoms with van der Waals surface area (Å²) in [6.45, 7) is 5.77. The number of amides is 1. The number of nitriles is 1. The molecule has 1 N–H and O–H groups in total. The summed E-state index contributed by atoms with van der Waals surface area (Å²) in [7, 11) is 0. The van der Waals surface area contributed by atoms with Gasteiger partial charge in [0.15, 0.2) is 5.13 Å². The van der Waals surface area contributed by atoms with E-state index in [0.717, 1.165) is 32.5 Å². The number of aromatic nitrogens is 3. The van der Waals surface area contributed by atoms with E-state index in [-0.39, 0.29) is 5.91 Å². The number of nitrogens with zero attached hydrogens (tertiary/aromatic N) is 4. The smallest absolute Gasteiger partial charge is 0.250 e. The molecule has 0 atom stereocenters. The van der Waals surface area contributed by atoms with Crippen LogP contribution in [0.4, 0.5) is 5.13 Å². The van der Waals surface area contributed by atoms with Crippen molar-refractivity contribution in [1.29, 1.82) is 5.26 Å². The van der Waals surface area contributed by atoms with Crippen LogP contribution in [0, 0.1) is 32.1 Å². The van der Waals surface area contributed by atoms with E-state index in [1.54, 1.807) is 6.08 Å². The van der Waals surface area contributed by atoms with Gasteiger partial charge >= 0.3 is 0 Å². The first-order chi connectivity index (χ1) is 13.5. The van der Waals surface area contributed by atoms with Crippen LogP contribution in [0.5, 0.6) is 0 Å². The van der Waals surface area contributed by atoms with Crippen LogP contribution >= 0.6 is 23.1 Å². The third kappa shape index (κ3) is 4.50. The highest BCUT2D eigenvalue weighted by molar-refractivity contribution is 8.01. The summed E-state index contributed by atoms with van der Waals surface area (Å²) in [5.41, 5.74) is 4.53. The number of hydrogen-bond donors (Lipinski definition) is 1. The predicted molar refractivity (Wildman–Crippen MR) is 114 cm³/mol. The summed E-state index contributed by atoms with van der Waals surface area (Å²) in [5, 5.41) is 16.6. The molecule has 6 nitrogen and oxygen atoms in total. The van der Waals surface area contributed by atoms with E-state index in [1.807, 2.05) is 55.8 Å². The molecular weight excluding hydrogens is 390 g/mol. The van der Waals surface area contributed by atoms with Gasteiger partial charge in [-0.3, -0.25) is 10.1 Å². The van der Waals surface area contributed by atoms with Crippen LogP contribution in [0.3, 0.4) is 0 Å². The Bertz CT molecular complexity index is 1060. The number of benzene rings is 1. The average molecular weight is 410 g/mol. The molecule has 2 aromatic heterocycles. The minimum atomic E-state index is -0.253. The first-order valence-electron chi connectivity index (χ1n) is 8.57. The Kier molecular flexibility index (Phi) is 6.29. The highest BCUT2D eigenvalue weighted by Crippen LogP contribution is 2.31. The van der Waals surface area contributed by atoms with Gasteiger partial charge in [0.05, 0.1) is 33.1 Å². The molecule has 28 heavy (non-hydrogen) atoms. The summed E-state index contributed by atoms with van der Waals surface area (Å²) in [4.78, 5) is 16.6. The number of thiazole rings is 1. The highest BCUT2D eigenvalue weighted by atomic mass is 32.2. The molecule has 0 aliphatic heterocycles. The number of aryl methyl sites for hydroxylation is 2. The summed E-state index contributed by atoms with van der Waals surface area (Å²) in [6.07, 6.45) is 3.27. The second-order valence-corrected chi connectivity index (χ2v) is 8.24. The van der Waals surface area contributed by atoms with Crippen molar-refractivity contribution in [1.82, 2.24) is 14.8 Å². The molecule has 1 aromatic carbocycles. The Morgan fingerprint density at radius 3 is 2.75 bits per heavy atom. The largest absolute Gasteiger partial charge is 0.298 e. The summed E-state index contributed by atoms with van der Waals surface area (Å²) < 4.78 is 2.81. The zero-order valence-electron chi connectivity index (χ0n) is 15.8. The topological polar surface area (TPSA) is 83.6 Å². The number of para-hydroxylation sites is 1. The molecule has 8 heteroatoms. The third-order valence-electron chi connectivity index (χ3n) is 4.00. The molecule has 0 radical (unpaired) electrons. The number of thioether (sulfide) groups is 1. The lowest BCUT2D eigenvalue weighted by molar-refractivity contribution is -0.111. The van der Waals surface area contributed by atoms with Crippen molar-refractivity contribution in [3.8, 4) is 11.8 Å². The predicted octanol–water partition coefficient (Wildman–Crippen LogP) is 4.52. The standard InChI is InChI=1S/C20H19N5OS2/c1-13-17(15(3)25(24-13)16-7-5-4-6-8-16)9-10-18(26)23-20-22-14(2)19(28-20)27-12-11-21/h4-10H,12H2,1-3H3,(H,22,23,26)/b10-9+. The molecule has 0 saturated heterocycles. The number of carbonyl (C=O) groups is 1. The second kappa shape index (κ2) is 8.87. The van der Waals surface area contributed by atoms with Gasteiger partial charge in [-0.25, -0.2) is 9.67 Å². The molecule has 1 amide bonds. The maximum Gasteiger partial charge on any atom is 0.250 e. The number of hydrogen-bond acceptors (Lipinski definition) is 6. The SMILES string of the molecule is Cc1nc(NC(=O)/C=C/c2c(C)nn(-c3ccccc3)c2C)sc1SCC#N. The van der Waals surface area contributed by atoms with Gasteiger partial charge in [-0.1, -0.05) is 41.3 Å². The van der Waals surface area contributed by atoms with Crippen LogP contribution in [-0.4, -0.2) is 26.4 Å². The van der Waals surface area contributed by atoms with Gasteiger partial charge in [-0.2, -0.15) is 10.4 Å². The lowest BCUT2D eigenvalue weighted by Crippen LogP contribution is -2.07. The quantitative estimate of drug-likeness (QED) is 0.478. The van der Waals surface area contributed by atoms with Crippen LogP contribution in [0.2, 0.25) is 0 Å². The third-order valence-corrected chi connectivity index (χ3v) is 6.30. The average Bonchev–Trinajstić information content (AvgIpc) is 3.17. The molecule has 142 valence electrons. The van der Waals surface area contributed by atoms with Crippen LogP contribution in [0.15, 0.2) is 40.6 Å². The van der Waals surface area contributed by atoms with E-state index in [0.29, 0.717) is 10.9 Å². The number of anilines is 1. The van der Waals surface area contributed by atoms with E-state index in [2.05, 4.69) is 21.5 Å². The van der Waals surface area contributed by atoms with Crippen molar-refractivity contribution in [3.05, 3.63) is 59.1 Å². The van der Waals surface area contributed by atoms with Crippen LogP contribution < -0.4 is 5.32 Å². The first-order valence-corrected chi connectivity index (χ1v) is 10.4. The van der Waals surface area contributed by atoms with Crippen molar-refractivity contribution < 1.29 is 4.79 Å². The van der Waals surface area contributed by atoms with Crippen molar-refractivity contribution in [2.45, 2.75) is 25.0 Å². The summed E-state index contributed by atoms with van der Waals surface area (Å²) >= 11 is 2.80. The van der Waals surface area contributed by atoms with Gasteiger partial charge in [-0.05, 0) is 39.0 Å². The van der Waals surface area contributed by atoms with E-state index in [4.69, 9.17) is 5.26 Å². The van der Waals surface area contributed by atoms with Crippen molar-refractivity contribution >= 4 is 40.2 Å². The molecule has 2 heterocycles. The lowest BCUT2D eigenvalue weighted by Gasteiger charge is -2.03. The monoisotopic (exact) mass is 409 g/mol. The minimum absolute atomic E-state index is 0.253. The molecule has 0 aliphatic rings. The summed E-state index contributed by atoms with van der Waals surface area (Å²) in [5.74, 6) is 0.108. The molecule has 0 fully saturated rings. The molecule has 0 unspecified atom stereocenters. The van der Waals surface area contributed by atoms with Crippen molar-refractivity contribution in [2.75, 3.05) is 11.1 Å². The van der Waals surface area contributed by atoms with Gasteiger partial charge in [0.1, 0.15) is 0 Å². The Hall–Kier alpha value is -2.89. The maximum atomic E-state index is 12.3. The first kappa shape index (κ1) is 19.9. The molecule has 0 spiro atoms. The molecule has 3 aromatic rings. The molecule has 0 bridgehead atoms. The molecule has 3 rings (SSSR count). The molecular formula is C20H19N5OS2. The van der Waals surface area contributed by atoms with E-state index in [1.165, 1.54) is 29.2 Å². The number of carbonyl (C=O) groups excluding carboxylic acids is 1.